The molecule has 2 N–H and O–H groups in total. The second-order valence-electron chi connectivity index (χ2n) is 5.56. The second kappa shape index (κ2) is 5.04. The Morgan fingerprint density at radius 3 is 2.90 bits per heavy atom. The van der Waals surface area contributed by atoms with Crippen molar-refractivity contribution in [1.82, 2.24) is 4.98 Å². The summed E-state index contributed by atoms with van der Waals surface area (Å²) in [5.41, 5.74) is 10.5. The lowest BCUT2D eigenvalue weighted by Crippen LogP contribution is -2.25. The van der Waals surface area contributed by atoms with Crippen molar-refractivity contribution in [3.8, 4) is 0 Å². The predicted octanol–water partition coefficient (Wildman–Crippen LogP) is 4.05. The van der Waals surface area contributed by atoms with Crippen LogP contribution < -0.4 is 10.6 Å². The van der Waals surface area contributed by atoms with E-state index < -0.39 is 0 Å². The lowest BCUT2D eigenvalue weighted by atomic mass is 10.1. The molecule has 3 nitrogen and oxygen atoms in total. The average Bonchev–Trinajstić information content (AvgIpc) is 3.23. The van der Waals surface area contributed by atoms with E-state index in [0.29, 0.717) is 6.04 Å². The van der Waals surface area contributed by atoms with Crippen LogP contribution in [-0.2, 0) is 6.54 Å². The van der Waals surface area contributed by atoms with Crippen LogP contribution in [0.5, 0.6) is 0 Å². The number of nitrogens with zero attached hydrogens (tertiary/aromatic N) is 2. The number of anilines is 2. The third-order valence-electron chi connectivity index (χ3n) is 4.01. The normalized spacial score (nSPS) is 14.5. The summed E-state index contributed by atoms with van der Waals surface area (Å²) >= 11 is 1.75. The summed E-state index contributed by atoms with van der Waals surface area (Å²) in [6.45, 7) is 0.948. The van der Waals surface area contributed by atoms with Gasteiger partial charge in [0.2, 0.25) is 0 Å². The van der Waals surface area contributed by atoms with Crippen LogP contribution in [0.2, 0.25) is 0 Å². The number of hydrogen-bond donors (Lipinski definition) is 1. The predicted molar refractivity (Wildman–Crippen MR) is 89.7 cm³/mol. The van der Waals surface area contributed by atoms with Crippen LogP contribution in [-0.4, -0.2) is 11.0 Å². The van der Waals surface area contributed by atoms with Gasteiger partial charge in [0.1, 0.15) is 0 Å². The number of nitrogens with two attached hydrogens (primary N) is 1. The van der Waals surface area contributed by atoms with Crippen LogP contribution in [0, 0.1) is 0 Å². The van der Waals surface area contributed by atoms with Crippen molar-refractivity contribution in [2.45, 2.75) is 25.4 Å². The fourth-order valence-corrected chi connectivity index (χ4v) is 3.45. The van der Waals surface area contributed by atoms with Gasteiger partial charge in [-0.2, -0.15) is 11.3 Å². The monoisotopic (exact) mass is 295 g/mol. The van der Waals surface area contributed by atoms with Crippen molar-refractivity contribution in [1.29, 1.82) is 0 Å². The van der Waals surface area contributed by atoms with Gasteiger partial charge >= 0.3 is 0 Å². The molecule has 21 heavy (non-hydrogen) atoms. The highest BCUT2D eigenvalue weighted by molar-refractivity contribution is 7.07. The van der Waals surface area contributed by atoms with Crippen LogP contribution >= 0.6 is 11.3 Å². The van der Waals surface area contributed by atoms with Gasteiger partial charge in [-0.25, -0.2) is 0 Å². The summed E-state index contributed by atoms with van der Waals surface area (Å²) in [6.07, 6.45) is 4.38. The van der Waals surface area contributed by atoms with E-state index in [9.17, 15) is 0 Å². The number of fused-ring (bicyclic) bond motifs is 1. The summed E-state index contributed by atoms with van der Waals surface area (Å²) in [5, 5.41) is 5.41. The maximum atomic E-state index is 6.10. The van der Waals surface area contributed by atoms with Crippen molar-refractivity contribution in [3.05, 3.63) is 52.9 Å². The molecule has 3 aromatic rings. The van der Waals surface area contributed by atoms with Crippen LogP contribution in [0.15, 0.2) is 47.3 Å². The molecule has 0 atom stereocenters. The molecular weight excluding hydrogens is 278 g/mol. The van der Waals surface area contributed by atoms with Crippen LogP contribution in [0.3, 0.4) is 0 Å². The topological polar surface area (TPSA) is 42.1 Å². The van der Waals surface area contributed by atoms with Crippen LogP contribution in [0.4, 0.5) is 11.4 Å². The molecule has 1 saturated carbocycles. The molecule has 1 aromatic carbocycles. The average molecular weight is 295 g/mol. The lowest BCUT2D eigenvalue weighted by molar-refractivity contribution is 0.799. The van der Waals surface area contributed by atoms with Crippen LogP contribution in [0.1, 0.15) is 18.4 Å². The number of hydrogen-bond acceptors (Lipinski definition) is 4. The molecule has 0 unspecified atom stereocenters. The van der Waals surface area contributed by atoms with Gasteiger partial charge in [-0.3, -0.25) is 4.98 Å². The van der Waals surface area contributed by atoms with E-state index in [1.54, 1.807) is 11.3 Å². The fraction of sp³-hybridized carbons (Fsp3) is 0.235. The van der Waals surface area contributed by atoms with E-state index in [1.807, 2.05) is 18.3 Å². The number of nitrogen functional groups attached to an aromatic ring is 1. The van der Waals surface area contributed by atoms with E-state index >= 15 is 0 Å². The zero-order chi connectivity index (χ0) is 14.2. The minimum Gasteiger partial charge on any atom is -0.398 e. The minimum atomic E-state index is 0.638. The number of aromatic nitrogens is 1. The molecule has 0 bridgehead atoms. The van der Waals surface area contributed by atoms with Crippen molar-refractivity contribution < 1.29 is 0 Å². The van der Waals surface area contributed by atoms with E-state index in [4.69, 9.17) is 5.73 Å². The molecule has 1 aliphatic rings. The summed E-state index contributed by atoms with van der Waals surface area (Å²) in [4.78, 5) is 7.07. The first-order valence-corrected chi connectivity index (χ1v) is 8.18. The quantitative estimate of drug-likeness (QED) is 0.738. The molecule has 2 heterocycles. The molecule has 2 aromatic heterocycles. The first-order valence-electron chi connectivity index (χ1n) is 7.24. The third-order valence-corrected chi connectivity index (χ3v) is 4.74. The Hall–Kier alpha value is -2.07. The van der Waals surface area contributed by atoms with Crippen molar-refractivity contribution in [2.75, 3.05) is 10.6 Å². The van der Waals surface area contributed by atoms with E-state index in [2.05, 4.69) is 38.8 Å². The first-order chi connectivity index (χ1) is 10.3. The van der Waals surface area contributed by atoms with E-state index in [-0.39, 0.29) is 0 Å². The van der Waals surface area contributed by atoms with Gasteiger partial charge in [0, 0.05) is 29.9 Å². The zero-order valence-electron chi connectivity index (χ0n) is 11.7. The molecule has 106 valence electrons. The molecule has 0 spiro atoms. The molecule has 1 aliphatic carbocycles. The lowest BCUT2D eigenvalue weighted by Gasteiger charge is -2.25. The standard InChI is InChI=1S/C17H17N3S/c18-15-5-6-16(17-14(15)2-1-8-19-17)20(13-3-4-13)10-12-7-9-21-11-12/h1-2,5-9,11,13H,3-4,10,18H2. The van der Waals surface area contributed by atoms with Gasteiger partial charge in [0.25, 0.3) is 0 Å². The smallest absolute Gasteiger partial charge is 0.0956 e. The van der Waals surface area contributed by atoms with Crippen LogP contribution in [0.25, 0.3) is 10.9 Å². The third kappa shape index (κ3) is 2.36. The van der Waals surface area contributed by atoms with Gasteiger partial charge in [-0.15, -0.1) is 0 Å². The fourth-order valence-electron chi connectivity index (χ4n) is 2.79. The van der Waals surface area contributed by atoms with Crippen molar-refractivity contribution in [2.24, 2.45) is 0 Å². The number of thiophene rings is 1. The Balaban J connectivity index is 1.81. The van der Waals surface area contributed by atoms with E-state index in [0.717, 1.165) is 23.1 Å². The van der Waals surface area contributed by atoms with Crippen molar-refractivity contribution in [3.63, 3.8) is 0 Å². The number of pyridine rings is 1. The molecular formula is C17H17N3S. The summed E-state index contributed by atoms with van der Waals surface area (Å²) in [6, 6.07) is 11.0. The highest BCUT2D eigenvalue weighted by Gasteiger charge is 2.30. The molecule has 4 heteroatoms. The maximum absolute atomic E-state index is 6.10. The zero-order valence-corrected chi connectivity index (χ0v) is 12.5. The van der Waals surface area contributed by atoms with Gasteiger partial charge in [0.15, 0.2) is 0 Å². The molecule has 4 rings (SSSR count). The van der Waals surface area contributed by atoms with E-state index in [1.165, 1.54) is 24.1 Å². The SMILES string of the molecule is Nc1ccc(N(Cc2ccsc2)C2CC2)c2ncccc12. The Labute approximate surface area is 128 Å². The Kier molecular flexibility index (Phi) is 3.04. The molecule has 0 radical (unpaired) electrons. The number of benzene rings is 1. The molecule has 1 fully saturated rings. The largest absolute Gasteiger partial charge is 0.398 e. The second-order valence-corrected chi connectivity index (χ2v) is 6.34. The molecule has 0 aliphatic heterocycles. The molecule has 0 saturated heterocycles. The maximum Gasteiger partial charge on any atom is 0.0956 e. The summed E-state index contributed by atoms with van der Waals surface area (Å²) in [5.74, 6) is 0. The van der Waals surface area contributed by atoms with Gasteiger partial charge < -0.3 is 10.6 Å². The highest BCUT2D eigenvalue weighted by atomic mass is 32.1. The summed E-state index contributed by atoms with van der Waals surface area (Å²) < 4.78 is 0. The highest BCUT2D eigenvalue weighted by Crippen LogP contribution is 2.37. The minimum absolute atomic E-state index is 0.638. The van der Waals surface area contributed by atoms with Gasteiger partial charge in [-0.05, 0) is 59.5 Å². The summed E-state index contributed by atoms with van der Waals surface area (Å²) in [7, 11) is 0. The number of rotatable bonds is 4. The van der Waals surface area contributed by atoms with Gasteiger partial charge in [-0.1, -0.05) is 0 Å². The van der Waals surface area contributed by atoms with Gasteiger partial charge in [0.05, 0.1) is 11.2 Å². The Bertz CT molecular complexity index is 763. The van der Waals surface area contributed by atoms with Crippen molar-refractivity contribution >= 4 is 33.6 Å². The first kappa shape index (κ1) is 12.7. The Morgan fingerprint density at radius 1 is 1.24 bits per heavy atom. The Morgan fingerprint density at radius 2 is 2.14 bits per heavy atom. The molecule has 0 amide bonds.